The van der Waals surface area contributed by atoms with E-state index in [1.54, 1.807) is 0 Å². The van der Waals surface area contributed by atoms with E-state index in [0.717, 1.165) is 19.5 Å². The summed E-state index contributed by atoms with van der Waals surface area (Å²) in [6.07, 6.45) is 2.41. The van der Waals surface area contributed by atoms with Crippen LogP contribution in [0.3, 0.4) is 0 Å². The third-order valence-electron chi connectivity index (χ3n) is 3.33. The van der Waals surface area contributed by atoms with Gasteiger partial charge in [-0.2, -0.15) is 0 Å². The van der Waals surface area contributed by atoms with Crippen molar-refractivity contribution in [2.24, 2.45) is 0 Å². The molecule has 96 valence electrons. The van der Waals surface area contributed by atoms with Gasteiger partial charge in [0.2, 0.25) is 0 Å². The number of aryl methyl sites for hydroxylation is 1. The van der Waals surface area contributed by atoms with Crippen molar-refractivity contribution in [1.82, 2.24) is 10.2 Å². The fourth-order valence-electron chi connectivity index (χ4n) is 2.36. The van der Waals surface area contributed by atoms with Gasteiger partial charge in [-0.1, -0.05) is 31.2 Å². The van der Waals surface area contributed by atoms with E-state index in [4.69, 9.17) is 0 Å². The number of halogens is 1. The number of rotatable bonds is 3. The standard InChI is InChI=1S/C14H22N2.ClH/c1-2-13-6-3-4-7-14(13)12-16-10-5-8-15-9-11-16;/h3-4,6-7,15H,2,5,8-12H2,1H3;1H. The minimum atomic E-state index is 0. The quantitative estimate of drug-likeness (QED) is 0.892. The van der Waals surface area contributed by atoms with Crippen molar-refractivity contribution in [2.45, 2.75) is 26.3 Å². The molecule has 1 aromatic carbocycles. The summed E-state index contributed by atoms with van der Waals surface area (Å²) in [7, 11) is 0. The summed E-state index contributed by atoms with van der Waals surface area (Å²) in [5, 5.41) is 3.45. The highest BCUT2D eigenvalue weighted by molar-refractivity contribution is 5.85. The van der Waals surface area contributed by atoms with Gasteiger partial charge in [0.15, 0.2) is 0 Å². The molecular weight excluding hydrogens is 232 g/mol. The first-order valence-corrected chi connectivity index (χ1v) is 6.40. The first kappa shape index (κ1) is 14.5. The second kappa shape index (κ2) is 7.70. The molecule has 3 heteroatoms. The van der Waals surface area contributed by atoms with Gasteiger partial charge in [-0.05, 0) is 37.1 Å². The van der Waals surface area contributed by atoms with Gasteiger partial charge in [0.05, 0.1) is 0 Å². The van der Waals surface area contributed by atoms with Crippen LogP contribution < -0.4 is 5.32 Å². The maximum absolute atomic E-state index is 3.45. The number of hydrogen-bond acceptors (Lipinski definition) is 2. The summed E-state index contributed by atoms with van der Waals surface area (Å²) >= 11 is 0. The highest BCUT2D eigenvalue weighted by Crippen LogP contribution is 2.12. The van der Waals surface area contributed by atoms with Crippen LogP contribution in [0.15, 0.2) is 24.3 Å². The number of nitrogens with one attached hydrogen (secondary N) is 1. The zero-order valence-corrected chi connectivity index (χ0v) is 11.4. The highest BCUT2D eigenvalue weighted by atomic mass is 35.5. The Morgan fingerprint density at radius 2 is 1.88 bits per heavy atom. The monoisotopic (exact) mass is 254 g/mol. The molecule has 0 amide bonds. The second-order valence-corrected chi connectivity index (χ2v) is 4.50. The fraction of sp³-hybridized carbons (Fsp3) is 0.571. The largest absolute Gasteiger partial charge is 0.315 e. The van der Waals surface area contributed by atoms with Gasteiger partial charge in [0, 0.05) is 19.6 Å². The van der Waals surface area contributed by atoms with E-state index in [0.29, 0.717) is 0 Å². The van der Waals surface area contributed by atoms with Gasteiger partial charge < -0.3 is 5.32 Å². The van der Waals surface area contributed by atoms with Crippen LogP contribution in [0, 0.1) is 0 Å². The van der Waals surface area contributed by atoms with E-state index in [-0.39, 0.29) is 12.4 Å². The molecule has 0 bridgehead atoms. The summed E-state index contributed by atoms with van der Waals surface area (Å²) in [5.41, 5.74) is 3.01. The van der Waals surface area contributed by atoms with E-state index < -0.39 is 0 Å². The van der Waals surface area contributed by atoms with Crippen LogP contribution in [-0.4, -0.2) is 31.1 Å². The Bertz CT molecular complexity index is 320. The van der Waals surface area contributed by atoms with E-state index in [1.165, 1.54) is 37.2 Å². The van der Waals surface area contributed by atoms with Crippen molar-refractivity contribution in [2.75, 3.05) is 26.2 Å². The fourth-order valence-corrected chi connectivity index (χ4v) is 2.36. The zero-order valence-electron chi connectivity index (χ0n) is 10.6. The lowest BCUT2D eigenvalue weighted by Crippen LogP contribution is -2.28. The van der Waals surface area contributed by atoms with Crippen LogP contribution in [0.4, 0.5) is 0 Å². The molecule has 0 spiro atoms. The van der Waals surface area contributed by atoms with Crippen LogP contribution in [0.1, 0.15) is 24.5 Å². The second-order valence-electron chi connectivity index (χ2n) is 4.50. The lowest BCUT2D eigenvalue weighted by atomic mass is 10.0. The summed E-state index contributed by atoms with van der Waals surface area (Å²) in [6.45, 7) is 8.07. The molecule has 0 radical (unpaired) electrons. The maximum atomic E-state index is 3.45. The molecule has 1 aromatic rings. The van der Waals surface area contributed by atoms with Crippen molar-refractivity contribution >= 4 is 12.4 Å². The third-order valence-corrected chi connectivity index (χ3v) is 3.33. The molecule has 2 nitrogen and oxygen atoms in total. The Morgan fingerprint density at radius 1 is 1.12 bits per heavy atom. The minimum Gasteiger partial charge on any atom is -0.315 e. The van der Waals surface area contributed by atoms with Gasteiger partial charge in [-0.25, -0.2) is 0 Å². The van der Waals surface area contributed by atoms with Gasteiger partial charge >= 0.3 is 0 Å². The molecule has 1 aliphatic heterocycles. The molecule has 0 saturated carbocycles. The first-order valence-electron chi connectivity index (χ1n) is 6.40. The van der Waals surface area contributed by atoms with Crippen LogP contribution in [0.2, 0.25) is 0 Å². The molecule has 1 heterocycles. The Labute approximate surface area is 111 Å². The summed E-state index contributed by atoms with van der Waals surface area (Å²) in [6, 6.07) is 8.83. The Balaban J connectivity index is 0.00000144. The Kier molecular flexibility index (Phi) is 6.56. The van der Waals surface area contributed by atoms with Crippen molar-refractivity contribution in [1.29, 1.82) is 0 Å². The van der Waals surface area contributed by atoms with Crippen molar-refractivity contribution in [3.8, 4) is 0 Å². The van der Waals surface area contributed by atoms with Crippen LogP contribution in [-0.2, 0) is 13.0 Å². The minimum absolute atomic E-state index is 0. The number of benzene rings is 1. The smallest absolute Gasteiger partial charge is 0.0237 e. The summed E-state index contributed by atoms with van der Waals surface area (Å²) in [4.78, 5) is 2.56. The Hall–Kier alpha value is -0.570. The van der Waals surface area contributed by atoms with Crippen molar-refractivity contribution in [3.05, 3.63) is 35.4 Å². The van der Waals surface area contributed by atoms with Gasteiger partial charge in [0.1, 0.15) is 0 Å². The first-order chi connectivity index (χ1) is 7.90. The average molecular weight is 255 g/mol. The molecule has 1 aliphatic rings. The molecule has 1 fully saturated rings. The van der Waals surface area contributed by atoms with Gasteiger partial charge in [0.25, 0.3) is 0 Å². The molecule has 2 rings (SSSR count). The highest BCUT2D eigenvalue weighted by Gasteiger charge is 2.10. The number of hydrogen-bond donors (Lipinski definition) is 1. The predicted molar refractivity (Wildman–Crippen MR) is 75.8 cm³/mol. The van der Waals surface area contributed by atoms with Gasteiger partial charge in [-0.15, -0.1) is 12.4 Å². The van der Waals surface area contributed by atoms with Crippen LogP contribution in [0.25, 0.3) is 0 Å². The SMILES string of the molecule is CCc1ccccc1CN1CCCNCC1.Cl. The molecule has 17 heavy (non-hydrogen) atoms. The number of nitrogens with zero attached hydrogens (tertiary/aromatic N) is 1. The lowest BCUT2D eigenvalue weighted by molar-refractivity contribution is 0.283. The summed E-state index contributed by atoms with van der Waals surface area (Å²) < 4.78 is 0. The molecule has 1 saturated heterocycles. The van der Waals surface area contributed by atoms with E-state index in [9.17, 15) is 0 Å². The van der Waals surface area contributed by atoms with Crippen LogP contribution in [0.5, 0.6) is 0 Å². The van der Waals surface area contributed by atoms with Crippen molar-refractivity contribution in [3.63, 3.8) is 0 Å². The van der Waals surface area contributed by atoms with E-state index in [1.807, 2.05) is 0 Å². The van der Waals surface area contributed by atoms with E-state index in [2.05, 4.69) is 41.4 Å². The van der Waals surface area contributed by atoms with Gasteiger partial charge in [-0.3, -0.25) is 4.90 Å². The zero-order chi connectivity index (χ0) is 11.2. The predicted octanol–water partition coefficient (Wildman–Crippen LogP) is 2.47. The molecular formula is C14H23ClN2. The molecule has 0 unspecified atom stereocenters. The molecule has 0 atom stereocenters. The topological polar surface area (TPSA) is 15.3 Å². The van der Waals surface area contributed by atoms with Crippen molar-refractivity contribution < 1.29 is 0 Å². The van der Waals surface area contributed by atoms with E-state index >= 15 is 0 Å². The molecule has 0 aliphatic carbocycles. The third kappa shape index (κ3) is 4.30. The Morgan fingerprint density at radius 3 is 2.65 bits per heavy atom. The summed E-state index contributed by atoms with van der Waals surface area (Å²) in [5.74, 6) is 0. The normalized spacial score (nSPS) is 17.2. The average Bonchev–Trinajstić information content (AvgIpc) is 2.58. The molecule has 0 aromatic heterocycles. The maximum Gasteiger partial charge on any atom is 0.0237 e. The van der Waals surface area contributed by atoms with Crippen LogP contribution >= 0.6 is 12.4 Å². The molecule has 1 N–H and O–H groups in total. The lowest BCUT2D eigenvalue weighted by Gasteiger charge is -2.20.